The van der Waals surface area contributed by atoms with Crippen molar-refractivity contribution in [3.05, 3.63) is 52.4 Å². The second-order valence-corrected chi connectivity index (χ2v) is 6.55. The predicted molar refractivity (Wildman–Crippen MR) is 98.3 cm³/mol. The molecule has 1 saturated heterocycles. The highest BCUT2D eigenvalue weighted by atomic mass is 16.6. The molecular weight excluding hydrogens is 348 g/mol. The largest absolute Gasteiger partial charge is 0.486 e. The van der Waals surface area contributed by atoms with Crippen LogP contribution in [0.3, 0.4) is 0 Å². The molecule has 2 aliphatic rings. The Bertz CT molecular complexity index is 874. The van der Waals surface area contributed by atoms with E-state index in [9.17, 15) is 9.59 Å². The molecule has 0 N–H and O–H groups in total. The third-order valence-electron chi connectivity index (χ3n) is 4.87. The molecule has 0 radical (unpaired) electrons. The first-order valence-corrected chi connectivity index (χ1v) is 9.15. The topological polar surface area (TPSA) is 76.9 Å². The van der Waals surface area contributed by atoms with Crippen molar-refractivity contribution in [1.82, 2.24) is 19.6 Å². The summed E-state index contributed by atoms with van der Waals surface area (Å²) in [5, 5.41) is 4.07. The van der Waals surface area contributed by atoms with Gasteiger partial charge in [0.25, 0.3) is 11.5 Å². The zero-order valence-electron chi connectivity index (χ0n) is 15.0. The van der Waals surface area contributed by atoms with Crippen molar-refractivity contribution in [2.24, 2.45) is 0 Å². The van der Waals surface area contributed by atoms with Gasteiger partial charge in [-0.3, -0.25) is 14.5 Å². The number of hydrogen-bond acceptors (Lipinski definition) is 6. The van der Waals surface area contributed by atoms with Crippen LogP contribution >= 0.6 is 0 Å². The van der Waals surface area contributed by atoms with Crippen molar-refractivity contribution in [3.8, 4) is 11.5 Å². The highest BCUT2D eigenvalue weighted by Gasteiger charge is 2.27. The average Bonchev–Trinajstić information content (AvgIpc) is 2.73. The number of rotatable bonds is 4. The van der Waals surface area contributed by atoms with Gasteiger partial charge in [-0.1, -0.05) is 6.07 Å². The minimum atomic E-state index is -0.0950. The van der Waals surface area contributed by atoms with Gasteiger partial charge in [-0.05, 0) is 18.2 Å². The summed E-state index contributed by atoms with van der Waals surface area (Å²) in [5.41, 5.74) is 0.461. The SMILES string of the molecule is O=C(c1cccc2c1OCCO2)N1CCN(CCn2ncccc2=O)CC1. The lowest BCUT2D eigenvalue weighted by Gasteiger charge is -2.35. The van der Waals surface area contributed by atoms with E-state index in [1.165, 1.54) is 10.7 Å². The Morgan fingerprint density at radius 2 is 1.81 bits per heavy atom. The molecule has 0 spiro atoms. The number of carbonyl (C=O) groups excluding carboxylic acids is 1. The van der Waals surface area contributed by atoms with Crippen LogP contribution in [0.2, 0.25) is 0 Å². The number of nitrogens with zero attached hydrogens (tertiary/aromatic N) is 4. The first kappa shape index (κ1) is 17.5. The van der Waals surface area contributed by atoms with Crippen molar-refractivity contribution in [1.29, 1.82) is 0 Å². The van der Waals surface area contributed by atoms with Crippen molar-refractivity contribution >= 4 is 5.91 Å². The van der Waals surface area contributed by atoms with E-state index in [0.29, 0.717) is 49.9 Å². The van der Waals surface area contributed by atoms with Crippen LogP contribution in [0.15, 0.2) is 41.3 Å². The molecule has 142 valence electrons. The van der Waals surface area contributed by atoms with Crippen LogP contribution in [0.4, 0.5) is 0 Å². The third-order valence-corrected chi connectivity index (χ3v) is 4.87. The molecule has 8 heteroatoms. The maximum absolute atomic E-state index is 12.9. The highest BCUT2D eigenvalue weighted by Crippen LogP contribution is 2.34. The molecule has 1 fully saturated rings. The van der Waals surface area contributed by atoms with Gasteiger partial charge in [0, 0.05) is 45.0 Å². The Morgan fingerprint density at radius 3 is 2.63 bits per heavy atom. The predicted octanol–water partition coefficient (Wildman–Crippen LogP) is 0.472. The molecule has 0 atom stereocenters. The summed E-state index contributed by atoms with van der Waals surface area (Å²) in [6, 6.07) is 8.58. The van der Waals surface area contributed by atoms with E-state index in [1.54, 1.807) is 18.3 Å². The molecule has 2 aliphatic heterocycles. The number of fused-ring (bicyclic) bond motifs is 1. The smallest absolute Gasteiger partial charge is 0.266 e. The lowest BCUT2D eigenvalue weighted by Crippen LogP contribution is -2.49. The fourth-order valence-electron chi connectivity index (χ4n) is 3.38. The molecular formula is C19H22N4O4. The normalized spacial score (nSPS) is 17.0. The van der Waals surface area contributed by atoms with E-state index in [4.69, 9.17) is 9.47 Å². The quantitative estimate of drug-likeness (QED) is 0.779. The van der Waals surface area contributed by atoms with Crippen molar-refractivity contribution in [3.63, 3.8) is 0 Å². The minimum Gasteiger partial charge on any atom is -0.486 e. The Labute approximate surface area is 156 Å². The Morgan fingerprint density at radius 1 is 1.00 bits per heavy atom. The first-order chi connectivity index (χ1) is 13.2. The number of hydrogen-bond donors (Lipinski definition) is 0. The highest BCUT2D eigenvalue weighted by molar-refractivity contribution is 5.98. The van der Waals surface area contributed by atoms with Gasteiger partial charge in [0.15, 0.2) is 11.5 Å². The molecule has 8 nitrogen and oxygen atoms in total. The van der Waals surface area contributed by atoms with E-state index < -0.39 is 0 Å². The van der Waals surface area contributed by atoms with Crippen molar-refractivity contribution in [2.75, 3.05) is 45.9 Å². The molecule has 1 amide bonds. The van der Waals surface area contributed by atoms with E-state index >= 15 is 0 Å². The summed E-state index contributed by atoms with van der Waals surface area (Å²) in [6.45, 7) is 5.04. The fraction of sp³-hybridized carbons (Fsp3) is 0.421. The van der Waals surface area contributed by atoms with E-state index in [2.05, 4.69) is 10.00 Å². The van der Waals surface area contributed by atoms with Crippen LogP contribution in [-0.4, -0.2) is 71.4 Å². The Hall–Kier alpha value is -2.87. The number of para-hydroxylation sites is 1. The second-order valence-electron chi connectivity index (χ2n) is 6.55. The maximum atomic E-state index is 12.9. The van der Waals surface area contributed by atoms with E-state index in [-0.39, 0.29) is 11.5 Å². The van der Waals surface area contributed by atoms with Crippen LogP contribution in [0.1, 0.15) is 10.4 Å². The van der Waals surface area contributed by atoms with Gasteiger partial charge in [0.2, 0.25) is 0 Å². The Kier molecular flexibility index (Phi) is 5.06. The summed E-state index contributed by atoms with van der Waals surface area (Å²) in [4.78, 5) is 28.7. The van der Waals surface area contributed by atoms with Gasteiger partial charge in [-0.15, -0.1) is 0 Å². The van der Waals surface area contributed by atoms with E-state index in [1.807, 2.05) is 17.0 Å². The number of aromatic nitrogens is 2. The van der Waals surface area contributed by atoms with Crippen LogP contribution in [0.5, 0.6) is 11.5 Å². The molecule has 0 unspecified atom stereocenters. The number of benzene rings is 1. The number of amides is 1. The van der Waals surface area contributed by atoms with Crippen LogP contribution in [-0.2, 0) is 6.54 Å². The molecule has 3 heterocycles. The summed E-state index contributed by atoms with van der Waals surface area (Å²) >= 11 is 0. The van der Waals surface area contributed by atoms with E-state index in [0.717, 1.165) is 19.6 Å². The molecule has 0 aliphatic carbocycles. The number of piperazine rings is 1. The van der Waals surface area contributed by atoms with Gasteiger partial charge in [-0.2, -0.15) is 5.10 Å². The zero-order chi connectivity index (χ0) is 18.6. The van der Waals surface area contributed by atoms with Gasteiger partial charge in [0.05, 0.1) is 12.1 Å². The van der Waals surface area contributed by atoms with Gasteiger partial charge in [0.1, 0.15) is 13.2 Å². The summed E-state index contributed by atoms with van der Waals surface area (Å²) in [5.74, 6) is 1.15. The minimum absolute atomic E-state index is 0.0297. The lowest BCUT2D eigenvalue weighted by molar-refractivity contribution is 0.0622. The standard InChI is InChI=1S/C19H22N4O4/c24-17-5-2-6-20-23(17)12-9-21-7-10-22(11-8-21)19(25)15-3-1-4-16-18(15)27-14-13-26-16/h1-6H,7-14H2. The summed E-state index contributed by atoms with van der Waals surface area (Å²) in [6.07, 6.45) is 1.62. The monoisotopic (exact) mass is 370 g/mol. The molecule has 1 aromatic heterocycles. The second kappa shape index (κ2) is 7.79. The van der Waals surface area contributed by atoms with Crippen LogP contribution < -0.4 is 15.0 Å². The van der Waals surface area contributed by atoms with Gasteiger partial charge < -0.3 is 14.4 Å². The summed E-state index contributed by atoms with van der Waals surface area (Å²) in [7, 11) is 0. The van der Waals surface area contributed by atoms with Crippen molar-refractivity contribution < 1.29 is 14.3 Å². The molecule has 0 bridgehead atoms. The van der Waals surface area contributed by atoms with Crippen LogP contribution in [0, 0.1) is 0 Å². The van der Waals surface area contributed by atoms with Gasteiger partial charge >= 0.3 is 0 Å². The molecule has 27 heavy (non-hydrogen) atoms. The molecule has 2 aromatic rings. The summed E-state index contributed by atoms with van der Waals surface area (Å²) < 4.78 is 12.7. The fourth-order valence-corrected chi connectivity index (χ4v) is 3.38. The molecule has 4 rings (SSSR count). The Balaban J connectivity index is 1.35. The lowest BCUT2D eigenvalue weighted by atomic mass is 10.1. The molecule has 0 saturated carbocycles. The van der Waals surface area contributed by atoms with Crippen molar-refractivity contribution in [2.45, 2.75) is 6.54 Å². The third kappa shape index (κ3) is 3.80. The number of ether oxygens (including phenoxy) is 2. The zero-order valence-corrected chi connectivity index (χ0v) is 15.0. The average molecular weight is 370 g/mol. The van der Waals surface area contributed by atoms with Gasteiger partial charge in [-0.25, -0.2) is 4.68 Å². The maximum Gasteiger partial charge on any atom is 0.266 e. The number of carbonyl (C=O) groups is 1. The molecule has 1 aromatic carbocycles. The first-order valence-electron chi connectivity index (χ1n) is 9.15. The van der Waals surface area contributed by atoms with Crippen LogP contribution in [0.25, 0.3) is 0 Å².